The molecular formula is C24H24BrN3. The molecule has 0 fully saturated rings. The van der Waals surface area contributed by atoms with E-state index in [1.165, 1.54) is 5.69 Å². The van der Waals surface area contributed by atoms with Crippen molar-refractivity contribution in [1.29, 1.82) is 0 Å². The normalized spacial score (nSPS) is 13.0. The Bertz CT molecular complexity index is 1010. The molecule has 4 rings (SSSR count). The van der Waals surface area contributed by atoms with E-state index in [1.54, 1.807) is 0 Å². The van der Waals surface area contributed by atoms with Crippen LogP contribution in [0.3, 0.4) is 0 Å². The Balaban J connectivity index is 1.88. The summed E-state index contributed by atoms with van der Waals surface area (Å²) in [5.41, 5.74) is 6.66. The third-order valence-corrected chi connectivity index (χ3v) is 5.66. The molecule has 3 nitrogen and oxygen atoms in total. The summed E-state index contributed by atoms with van der Waals surface area (Å²) < 4.78 is 1.06. The highest BCUT2D eigenvalue weighted by Gasteiger charge is 2.24. The molecule has 0 amide bonds. The van der Waals surface area contributed by atoms with Gasteiger partial charge in [0.25, 0.3) is 0 Å². The summed E-state index contributed by atoms with van der Waals surface area (Å²) in [7, 11) is 4.25. The second-order valence-electron chi connectivity index (χ2n) is 7.25. The summed E-state index contributed by atoms with van der Waals surface area (Å²) in [6.45, 7) is 2.00. The minimum absolute atomic E-state index is 0.949. The first-order chi connectivity index (χ1) is 13.6. The Hall–Kier alpha value is -2.43. The lowest BCUT2D eigenvalue weighted by Gasteiger charge is -2.27. The highest BCUT2D eigenvalue weighted by molar-refractivity contribution is 9.10. The second kappa shape index (κ2) is 8.29. The van der Waals surface area contributed by atoms with E-state index in [4.69, 9.17) is 4.99 Å². The molecule has 0 aromatic heterocycles. The van der Waals surface area contributed by atoms with Crippen molar-refractivity contribution < 1.29 is 0 Å². The number of halogens is 1. The van der Waals surface area contributed by atoms with Gasteiger partial charge in [-0.15, -0.1) is 0 Å². The van der Waals surface area contributed by atoms with Gasteiger partial charge in [0.1, 0.15) is 0 Å². The number of rotatable bonds is 5. The average Bonchev–Trinajstić information content (AvgIpc) is 2.84. The zero-order chi connectivity index (χ0) is 19.5. The van der Waals surface area contributed by atoms with Gasteiger partial charge in [0.15, 0.2) is 0 Å². The van der Waals surface area contributed by atoms with Crippen LogP contribution in [-0.4, -0.2) is 37.8 Å². The molecule has 28 heavy (non-hydrogen) atoms. The van der Waals surface area contributed by atoms with Gasteiger partial charge in [0.05, 0.1) is 22.8 Å². The van der Waals surface area contributed by atoms with Gasteiger partial charge >= 0.3 is 0 Å². The molecule has 0 radical (unpaired) electrons. The maximum absolute atomic E-state index is 5.14. The van der Waals surface area contributed by atoms with Crippen LogP contribution in [0.15, 0.2) is 82.3 Å². The van der Waals surface area contributed by atoms with Crippen molar-refractivity contribution in [2.75, 3.05) is 32.1 Å². The van der Waals surface area contributed by atoms with E-state index in [0.717, 1.165) is 52.2 Å². The van der Waals surface area contributed by atoms with Crippen LogP contribution in [0.1, 0.15) is 17.5 Å². The molecule has 0 aliphatic carbocycles. The van der Waals surface area contributed by atoms with Crippen molar-refractivity contribution in [1.82, 2.24) is 4.90 Å². The molecule has 3 aromatic carbocycles. The van der Waals surface area contributed by atoms with Gasteiger partial charge in [-0.25, -0.2) is 4.99 Å². The molecular weight excluding hydrogens is 410 g/mol. The van der Waals surface area contributed by atoms with E-state index < -0.39 is 0 Å². The summed E-state index contributed by atoms with van der Waals surface area (Å²) in [6, 6.07) is 25.4. The first-order valence-electron chi connectivity index (χ1n) is 9.59. The summed E-state index contributed by atoms with van der Waals surface area (Å²) in [5, 5.41) is 0. The minimum atomic E-state index is 0.949. The number of anilines is 2. The fraction of sp³-hybridized carbons (Fsp3) is 0.208. The molecule has 142 valence electrons. The van der Waals surface area contributed by atoms with Crippen LogP contribution in [0, 0.1) is 0 Å². The predicted molar refractivity (Wildman–Crippen MR) is 123 cm³/mol. The van der Waals surface area contributed by atoms with Crippen LogP contribution in [0.4, 0.5) is 17.1 Å². The van der Waals surface area contributed by atoms with Crippen LogP contribution in [0.5, 0.6) is 0 Å². The van der Waals surface area contributed by atoms with Crippen molar-refractivity contribution in [3.63, 3.8) is 0 Å². The van der Waals surface area contributed by atoms with Gasteiger partial charge < -0.3 is 9.80 Å². The lowest BCUT2D eigenvalue weighted by atomic mass is 10.00. The smallest absolute Gasteiger partial charge is 0.0874 e. The van der Waals surface area contributed by atoms with Gasteiger partial charge in [0, 0.05) is 22.1 Å². The Morgan fingerprint density at radius 2 is 1.46 bits per heavy atom. The first kappa shape index (κ1) is 18.9. The van der Waals surface area contributed by atoms with Crippen LogP contribution in [0.2, 0.25) is 0 Å². The van der Waals surface area contributed by atoms with Crippen LogP contribution >= 0.6 is 15.9 Å². The maximum atomic E-state index is 5.14. The van der Waals surface area contributed by atoms with Gasteiger partial charge in [-0.05, 0) is 51.3 Å². The summed E-state index contributed by atoms with van der Waals surface area (Å²) in [6.07, 6.45) is 1.08. The number of benzene rings is 3. The van der Waals surface area contributed by atoms with Crippen LogP contribution in [-0.2, 0) is 0 Å². The SMILES string of the molecule is CN(C)CCCN1c2ccccc2N=C(c2ccccc2Br)c2ccccc21. The average molecular weight is 434 g/mol. The number of fused-ring (bicyclic) bond motifs is 2. The molecule has 0 N–H and O–H groups in total. The predicted octanol–water partition coefficient (Wildman–Crippen LogP) is 6.02. The second-order valence-corrected chi connectivity index (χ2v) is 8.11. The van der Waals surface area contributed by atoms with Gasteiger partial charge in [-0.1, -0.05) is 64.5 Å². The highest BCUT2D eigenvalue weighted by atomic mass is 79.9. The number of aliphatic imine (C=N–C) groups is 1. The number of hydrogen-bond donors (Lipinski definition) is 0. The van der Waals surface area contributed by atoms with Gasteiger partial charge in [-0.2, -0.15) is 0 Å². The van der Waals surface area contributed by atoms with E-state index in [1.807, 2.05) is 6.07 Å². The van der Waals surface area contributed by atoms with Gasteiger partial charge in [-0.3, -0.25) is 0 Å². The standard InChI is InChI=1S/C24H24BrN3/c1-27(2)16-9-17-28-22-14-7-4-11-19(22)24(18-10-3-5-12-20(18)25)26-21-13-6-8-15-23(21)28/h3-8,10-15H,9,16-17H2,1-2H3. The lowest BCUT2D eigenvalue weighted by molar-refractivity contribution is 0.402. The molecule has 1 heterocycles. The zero-order valence-electron chi connectivity index (χ0n) is 16.3. The third kappa shape index (κ3) is 3.75. The topological polar surface area (TPSA) is 18.8 Å². The fourth-order valence-electron chi connectivity index (χ4n) is 3.65. The number of nitrogens with zero attached hydrogens (tertiary/aromatic N) is 3. The molecule has 0 unspecified atom stereocenters. The minimum Gasteiger partial charge on any atom is -0.339 e. The maximum Gasteiger partial charge on any atom is 0.0874 e. The Kier molecular flexibility index (Phi) is 5.60. The third-order valence-electron chi connectivity index (χ3n) is 4.97. The molecule has 4 heteroatoms. The molecule has 1 aliphatic rings. The van der Waals surface area contributed by atoms with E-state index in [0.29, 0.717) is 0 Å². The Morgan fingerprint density at radius 3 is 2.21 bits per heavy atom. The summed E-state index contributed by atoms with van der Waals surface area (Å²) in [4.78, 5) is 9.79. The largest absolute Gasteiger partial charge is 0.339 e. The molecule has 0 atom stereocenters. The van der Waals surface area contributed by atoms with Crippen molar-refractivity contribution in [2.45, 2.75) is 6.42 Å². The van der Waals surface area contributed by atoms with Crippen LogP contribution in [0.25, 0.3) is 0 Å². The van der Waals surface area contributed by atoms with E-state index in [9.17, 15) is 0 Å². The van der Waals surface area contributed by atoms with Gasteiger partial charge in [0.2, 0.25) is 0 Å². The fourth-order valence-corrected chi connectivity index (χ4v) is 4.12. The summed E-state index contributed by atoms with van der Waals surface area (Å²) >= 11 is 3.72. The van der Waals surface area contributed by atoms with E-state index in [2.05, 4.69) is 107 Å². The van der Waals surface area contributed by atoms with E-state index >= 15 is 0 Å². The van der Waals surface area contributed by atoms with Crippen molar-refractivity contribution in [3.8, 4) is 0 Å². The molecule has 0 bridgehead atoms. The molecule has 0 saturated heterocycles. The van der Waals surface area contributed by atoms with E-state index in [-0.39, 0.29) is 0 Å². The lowest BCUT2D eigenvalue weighted by Crippen LogP contribution is -2.24. The molecule has 1 aliphatic heterocycles. The molecule has 0 saturated carbocycles. The summed E-state index contributed by atoms with van der Waals surface area (Å²) in [5.74, 6) is 0. The number of hydrogen-bond acceptors (Lipinski definition) is 3. The zero-order valence-corrected chi connectivity index (χ0v) is 17.9. The molecule has 0 spiro atoms. The van der Waals surface area contributed by atoms with Crippen molar-refractivity contribution in [2.24, 2.45) is 4.99 Å². The van der Waals surface area contributed by atoms with Crippen molar-refractivity contribution in [3.05, 3.63) is 88.4 Å². The van der Waals surface area contributed by atoms with Crippen LogP contribution < -0.4 is 4.90 Å². The highest BCUT2D eigenvalue weighted by Crippen LogP contribution is 2.41. The quantitative estimate of drug-likeness (QED) is 0.489. The van der Waals surface area contributed by atoms with Crippen molar-refractivity contribution >= 4 is 38.7 Å². The Labute approximate surface area is 175 Å². The Morgan fingerprint density at radius 1 is 0.821 bits per heavy atom. The molecule has 3 aromatic rings. The first-order valence-corrected chi connectivity index (χ1v) is 10.4. The monoisotopic (exact) mass is 433 g/mol. The number of para-hydroxylation sites is 3.